The summed E-state index contributed by atoms with van der Waals surface area (Å²) in [6.45, 7) is 3.99. The van der Waals surface area contributed by atoms with Gasteiger partial charge in [0.1, 0.15) is 5.25 Å². The Morgan fingerprint density at radius 2 is 2.29 bits per heavy atom. The molecule has 110 valence electrons. The first-order chi connectivity index (χ1) is 10.1. The van der Waals surface area contributed by atoms with Crippen molar-refractivity contribution in [2.75, 3.05) is 11.9 Å². The second kappa shape index (κ2) is 7.28. The van der Waals surface area contributed by atoms with Crippen LogP contribution < -0.4 is 10.6 Å². The monoisotopic (exact) mass is 323 g/mol. The molecule has 21 heavy (non-hydrogen) atoms. The molecule has 2 rings (SSSR count). The Balaban J connectivity index is 1.93. The van der Waals surface area contributed by atoms with Gasteiger partial charge in [-0.3, -0.25) is 14.6 Å². The molecule has 5 nitrogen and oxygen atoms in total. The predicted octanol–water partition coefficient (Wildman–Crippen LogP) is 2.44. The molecule has 2 N–H and O–H groups in total. The number of para-hydroxylation sites is 1. The maximum atomic E-state index is 12.0. The Kier molecular flexibility index (Phi) is 5.41. The van der Waals surface area contributed by atoms with Crippen molar-refractivity contribution in [3.05, 3.63) is 41.9 Å². The Morgan fingerprint density at radius 1 is 1.52 bits per heavy atom. The SMILES string of the molecule is C=CCN=C1NC(=O)[C@@H](CC(=O)Nc2ccccc2Cl)S1. The van der Waals surface area contributed by atoms with Gasteiger partial charge in [-0.2, -0.15) is 0 Å². The number of nitrogens with one attached hydrogen (secondary N) is 2. The molecule has 0 bridgehead atoms. The second-order valence-corrected chi connectivity index (χ2v) is 5.86. The van der Waals surface area contributed by atoms with Gasteiger partial charge in [-0.25, -0.2) is 0 Å². The minimum absolute atomic E-state index is 0.0643. The number of carbonyl (C=O) groups is 2. The lowest BCUT2D eigenvalue weighted by atomic mass is 10.2. The van der Waals surface area contributed by atoms with E-state index in [2.05, 4.69) is 22.2 Å². The third-order valence-corrected chi connectivity index (χ3v) is 4.11. The van der Waals surface area contributed by atoms with Gasteiger partial charge in [-0.1, -0.05) is 41.6 Å². The predicted molar refractivity (Wildman–Crippen MR) is 86.7 cm³/mol. The third kappa shape index (κ3) is 4.34. The molecule has 1 saturated heterocycles. The number of hydrogen-bond acceptors (Lipinski definition) is 4. The fourth-order valence-electron chi connectivity index (χ4n) is 1.69. The van der Waals surface area contributed by atoms with Crippen LogP contribution in [0, 0.1) is 0 Å². The van der Waals surface area contributed by atoms with Gasteiger partial charge < -0.3 is 10.6 Å². The van der Waals surface area contributed by atoms with E-state index in [0.717, 1.165) is 0 Å². The van der Waals surface area contributed by atoms with Crippen LogP contribution >= 0.6 is 23.4 Å². The molecule has 0 radical (unpaired) electrons. The number of halogens is 1. The summed E-state index contributed by atoms with van der Waals surface area (Å²) in [5.41, 5.74) is 0.535. The number of rotatable bonds is 5. The zero-order chi connectivity index (χ0) is 15.2. The molecule has 1 aromatic rings. The molecule has 7 heteroatoms. The van der Waals surface area contributed by atoms with Crippen LogP contribution in [0.4, 0.5) is 5.69 Å². The molecule has 1 heterocycles. The van der Waals surface area contributed by atoms with Crippen LogP contribution in [0.25, 0.3) is 0 Å². The van der Waals surface area contributed by atoms with E-state index >= 15 is 0 Å². The summed E-state index contributed by atoms with van der Waals surface area (Å²) in [4.78, 5) is 27.9. The fraction of sp³-hybridized carbons (Fsp3) is 0.214. The normalized spacial score (nSPS) is 19.4. The molecule has 1 fully saturated rings. The van der Waals surface area contributed by atoms with Crippen molar-refractivity contribution < 1.29 is 9.59 Å². The number of amides is 2. The number of amidine groups is 1. The Labute approximate surface area is 131 Å². The lowest BCUT2D eigenvalue weighted by Gasteiger charge is -2.08. The molecule has 0 spiro atoms. The first-order valence-electron chi connectivity index (χ1n) is 6.27. The summed E-state index contributed by atoms with van der Waals surface area (Å²) in [6.07, 6.45) is 1.70. The quantitative estimate of drug-likeness (QED) is 0.818. The van der Waals surface area contributed by atoms with Gasteiger partial charge in [0.25, 0.3) is 0 Å². The Bertz CT molecular complexity index is 604. The zero-order valence-electron chi connectivity index (χ0n) is 11.1. The molecule has 2 amide bonds. The number of nitrogens with zero attached hydrogens (tertiary/aromatic N) is 1. The third-order valence-electron chi connectivity index (χ3n) is 2.66. The van der Waals surface area contributed by atoms with Crippen molar-refractivity contribution in [1.82, 2.24) is 5.32 Å². The minimum atomic E-state index is -0.476. The van der Waals surface area contributed by atoms with E-state index in [9.17, 15) is 9.59 Å². The van der Waals surface area contributed by atoms with E-state index < -0.39 is 5.25 Å². The number of carbonyl (C=O) groups excluding carboxylic acids is 2. The smallest absolute Gasteiger partial charge is 0.240 e. The summed E-state index contributed by atoms with van der Waals surface area (Å²) >= 11 is 7.22. The standard InChI is InChI=1S/C14H14ClN3O2S/c1-2-7-16-14-18-13(20)11(21-14)8-12(19)17-10-6-4-3-5-9(10)15/h2-6,11H,1,7-8H2,(H,17,19)(H,16,18,20)/t11-/m1/s1. The van der Waals surface area contributed by atoms with Gasteiger partial charge in [0.15, 0.2) is 5.17 Å². The number of aliphatic imine (C=N–C) groups is 1. The van der Waals surface area contributed by atoms with Gasteiger partial charge in [0, 0.05) is 6.42 Å². The Morgan fingerprint density at radius 3 is 3.00 bits per heavy atom. The van der Waals surface area contributed by atoms with Crippen LogP contribution in [-0.4, -0.2) is 28.8 Å². The molecule has 1 aromatic carbocycles. The highest BCUT2D eigenvalue weighted by atomic mass is 35.5. The van der Waals surface area contributed by atoms with Crippen molar-refractivity contribution in [3.8, 4) is 0 Å². The zero-order valence-corrected chi connectivity index (χ0v) is 12.7. The van der Waals surface area contributed by atoms with Crippen LogP contribution in [0.1, 0.15) is 6.42 Å². The van der Waals surface area contributed by atoms with E-state index in [4.69, 9.17) is 11.6 Å². The van der Waals surface area contributed by atoms with E-state index in [1.54, 1.807) is 30.3 Å². The average Bonchev–Trinajstić information content (AvgIpc) is 2.79. The van der Waals surface area contributed by atoms with Gasteiger partial charge in [-0.15, -0.1) is 6.58 Å². The van der Waals surface area contributed by atoms with Gasteiger partial charge in [-0.05, 0) is 12.1 Å². The Hall–Kier alpha value is -1.79. The van der Waals surface area contributed by atoms with Crippen LogP contribution in [0.5, 0.6) is 0 Å². The summed E-state index contributed by atoms with van der Waals surface area (Å²) < 4.78 is 0. The molecule has 0 saturated carbocycles. The van der Waals surface area contributed by atoms with E-state index in [1.165, 1.54) is 11.8 Å². The molecular weight excluding hydrogens is 310 g/mol. The van der Waals surface area contributed by atoms with Crippen molar-refractivity contribution in [3.63, 3.8) is 0 Å². The maximum Gasteiger partial charge on any atom is 0.240 e. The average molecular weight is 324 g/mol. The highest BCUT2D eigenvalue weighted by Gasteiger charge is 2.31. The molecular formula is C14H14ClN3O2S. The highest BCUT2D eigenvalue weighted by Crippen LogP contribution is 2.24. The minimum Gasteiger partial charge on any atom is -0.325 e. The molecule has 0 unspecified atom stereocenters. The molecule has 0 aliphatic carbocycles. The summed E-state index contributed by atoms with van der Waals surface area (Å²) in [7, 11) is 0. The molecule has 1 aliphatic rings. The van der Waals surface area contributed by atoms with Crippen molar-refractivity contribution >= 4 is 46.0 Å². The van der Waals surface area contributed by atoms with E-state index in [0.29, 0.717) is 22.4 Å². The number of thioether (sulfide) groups is 1. The van der Waals surface area contributed by atoms with Gasteiger partial charge in [0.2, 0.25) is 11.8 Å². The molecule has 0 aromatic heterocycles. The topological polar surface area (TPSA) is 70.6 Å². The fourth-order valence-corrected chi connectivity index (χ4v) is 2.86. The van der Waals surface area contributed by atoms with Crippen LogP contribution in [0.2, 0.25) is 5.02 Å². The van der Waals surface area contributed by atoms with Crippen molar-refractivity contribution in [2.24, 2.45) is 4.99 Å². The molecule has 1 atom stereocenters. The summed E-state index contributed by atoms with van der Waals surface area (Å²) in [6, 6.07) is 6.95. The number of anilines is 1. The van der Waals surface area contributed by atoms with E-state index in [1.807, 2.05) is 0 Å². The highest BCUT2D eigenvalue weighted by molar-refractivity contribution is 8.15. The van der Waals surface area contributed by atoms with E-state index in [-0.39, 0.29) is 18.2 Å². The first-order valence-corrected chi connectivity index (χ1v) is 7.53. The summed E-state index contributed by atoms with van der Waals surface area (Å²) in [5, 5.41) is 5.84. The van der Waals surface area contributed by atoms with Crippen LogP contribution in [0.15, 0.2) is 41.9 Å². The molecule has 1 aliphatic heterocycles. The van der Waals surface area contributed by atoms with Crippen LogP contribution in [0.3, 0.4) is 0 Å². The van der Waals surface area contributed by atoms with Crippen LogP contribution in [-0.2, 0) is 9.59 Å². The summed E-state index contributed by atoms with van der Waals surface area (Å²) in [5.74, 6) is -0.474. The van der Waals surface area contributed by atoms with Crippen molar-refractivity contribution in [1.29, 1.82) is 0 Å². The number of benzene rings is 1. The van der Waals surface area contributed by atoms with Crippen molar-refractivity contribution in [2.45, 2.75) is 11.7 Å². The van der Waals surface area contributed by atoms with Gasteiger partial charge >= 0.3 is 0 Å². The second-order valence-electron chi connectivity index (χ2n) is 4.26. The lowest BCUT2D eigenvalue weighted by molar-refractivity contribution is -0.122. The largest absolute Gasteiger partial charge is 0.325 e. The maximum absolute atomic E-state index is 12.0. The lowest BCUT2D eigenvalue weighted by Crippen LogP contribution is -2.28. The first kappa shape index (κ1) is 15.6. The van der Waals surface area contributed by atoms with Gasteiger partial charge in [0.05, 0.1) is 17.3 Å². The number of hydrogen-bond donors (Lipinski definition) is 2.